The van der Waals surface area contributed by atoms with Crippen LogP contribution in [0.2, 0.25) is 0 Å². The second kappa shape index (κ2) is 5.93. The summed E-state index contributed by atoms with van der Waals surface area (Å²) in [6, 6.07) is 9.28. The van der Waals surface area contributed by atoms with Gasteiger partial charge in [0.05, 0.1) is 6.61 Å². The third kappa shape index (κ3) is 2.77. The van der Waals surface area contributed by atoms with Gasteiger partial charge in [-0.05, 0) is 30.9 Å². The number of benzene rings is 1. The Hall–Kier alpha value is -1.06. The van der Waals surface area contributed by atoms with Gasteiger partial charge in [-0.15, -0.1) is 0 Å². The standard InChI is InChI=1S/C16H24N2O/c17-9-10-18(14-4-3-5-14)12-13-8-11-19-16-7-2-1-6-15(13)16/h1-2,6-7,13-14H,3-5,8-12,17H2. The number of ether oxygens (including phenoxy) is 1. The third-order valence-corrected chi connectivity index (χ3v) is 4.55. The zero-order chi connectivity index (χ0) is 13.1. The molecule has 3 heteroatoms. The molecule has 0 bridgehead atoms. The van der Waals surface area contributed by atoms with Crippen LogP contribution >= 0.6 is 0 Å². The van der Waals surface area contributed by atoms with E-state index < -0.39 is 0 Å². The van der Waals surface area contributed by atoms with E-state index in [1.165, 1.54) is 24.8 Å². The van der Waals surface area contributed by atoms with Crippen molar-refractivity contribution in [2.75, 3.05) is 26.2 Å². The van der Waals surface area contributed by atoms with E-state index in [4.69, 9.17) is 10.5 Å². The average molecular weight is 260 g/mol. The normalized spacial score (nSPS) is 22.7. The second-order valence-corrected chi connectivity index (χ2v) is 5.74. The van der Waals surface area contributed by atoms with Gasteiger partial charge in [0.2, 0.25) is 0 Å². The van der Waals surface area contributed by atoms with Crippen molar-refractivity contribution < 1.29 is 4.74 Å². The Morgan fingerprint density at radius 1 is 1.21 bits per heavy atom. The third-order valence-electron chi connectivity index (χ3n) is 4.55. The molecular formula is C16H24N2O. The minimum Gasteiger partial charge on any atom is -0.493 e. The zero-order valence-electron chi connectivity index (χ0n) is 11.6. The molecule has 1 heterocycles. The van der Waals surface area contributed by atoms with Crippen LogP contribution in [0.5, 0.6) is 5.75 Å². The van der Waals surface area contributed by atoms with E-state index in [9.17, 15) is 0 Å². The molecule has 2 aliphatic rings. The van der Waals surface area contributed by atoms with Crippen molar-refractivity contribution >= 4 is 0 Å². The first-order valence-electron chi connectivity index (χ1n) is 7.54. The Kier molecular flexibility index (Phi) is 4.04. The van der Waals surface area contributed by atoms with Gasteiger partial charge in [-0.25, -0.2) is 0 Å². The molecule has 3 rings (SSSR count). The first kappa shape index (κ1) is 12.9. The van der Waals surface area contributed by atoms with Crippen molar-refractivity contribution in [3.05, 3.63) is 29.8 Å². The van der Waals surface area contributed by atoms with Gasteiger partial charge in [-0.3, -0.25) is 4.90 Å². The summed E-state index contributed by atoms with van der Waals surface area (Å²) in [5.74, 6) is 1.69. The maximum atomic E-state index is 5.78. The van der Waals surface area contributed by atoms with E-state index in [1.54, 1.807) is 0 Å². The summed E-state index contributed by atoms with van der Waals surface area (Å²) in [6.07, 6.45) is 5.22. The predicted octanol–water partition coefficient (Wildman–Crippen LogP) is 2.37. The zero-order valence-corrected chi connectivity index (χ0v) is 11.6. The van der Waals surface area contributed by atoms with Crippen molar-refractivity contribution in [1.82, 2.24) is 4.90 Å². The highest BCUT2D eigenvalue weighted by Crippen LogP contribution is 2.35. The number of hydrogen-bond acceptors (Lipinski definition) is 3. The molecule has 1 aromatic rings. The highest BCUT2D eigenvalue weighted by atomic mass is 16.5. The molecule has 0 amide bonds. The SMILES string of the molecule is NCCN(CC1CCOc2ccccc21)C1CCC1. The molecular weight excluding hydrogens is 236 g/mol. The fourth-order valence-corrected chi connectivity index (χ4v) is 3.23. The van der Waals surface area contributed by atoms with Crippen LogP contribution in [0.4, 0.5) is 0 Å². The van der Waals surface area contributed by atoms with Gasteiger partial charge in [0.15, 0.2) is 0 Å². The Balaban J connectivity index is 1.71. The van der Waals surface area contributed by atoms with Crippen LogP contribution in [-0.2, 0) is 0 Å². The van der Waals surface area contributed by atoms with Crippen LogP contribution in [0.3, 0.4) is 0 Å². The Bertz CT molecular complexity index is 417. The fraction of sp³-hybridized carbons (Fsp3) is 0.625. The number of para-hydroxylation sites is 1. The van der Waals surface area contributed by atoms with E-state index in [-0.39, 0.29) is 0 Å². The molecule has 1 saturated carbocycles. The molecule has 1 fully saturated rings. The van der Waals surface area contributed by atoms with E-state index in [1.807, 2.05) is 0 Å². The molecule has 0 saturated heterocycles. The van der Waals surface area contributed by atoms with Crippen LogP contribution in [-0.4, -0.2) is 37.2 Å². The Labute approximate surface area is 115 Å². The lowest BCUT2D eigenvalue weighted by Gasteiger charge is -2.40. The summed E-state index contributed by atoms with van der Waals surface area (Å²) in [5.41, 5.74) is 7.16. The van der Waals surface area contributed by atoms with Crippen LogP contribution in [0.15, 0.2) is 24.3 Å². The minimum atomic E-state index is 0.608. The maximum absolute atomic E-state index is 5.78. The summed E-state index contributed by atoms with van der Waals surface area (Å²) in [4.78, 5) is 2.61. The van der Waals surface area contributed by atoms with Gasteiger partial charge in [-0.1, -0.05) is 24.6 Å². The average Bonchev–Trinajstić information content (AvgIpc) is 2.37. The van der Waals surface area contributed by atoms with Gasteiger partial charge in [0, 0.05) is 31.6 Å². The molecule has 3 nitrogen and oxygen atoms in total. The number of fused-ring (bicyclic) bond motifs is 1. The van der Waals surface area contributed by atoms with Gasteiger partial charge in [0.25, 0.3) is 0 Å². The number of nitrogens with zero attached hydrogens (tertiary/aromatic N) is 1. The molecule has 0 radical (unpaired) electrons. The molecule has 104 valence electrons. The van der Waals surface area contributed by atoms with E-state index in [2.05, 4.69) is 29.2 Å². The van der Waals surface area contributed by atoms with E-state index in [0.717, 1.165) is 44.5 Å². The van der Waals surface area contributed by atoms with Gasteiger partial charge >= 0.3 is 0 Å². The first-order valence-corrected chi connectivity index (χ1v) is 7.54. The monoisotopic (exact) mass is 260 g/mol. The molecule has 19 heavy (non-hydrogen) atoms. The summed E-state index contributed by atoms with van der Waals surface area (Å²) < 4.78 is 5.75. The Morgan fingerprint density at radius 3 is 2.79 bits per heavy atom. The second-order valence-electron chi connectivity index (χ2n) is 5.74. The van der Waals surface area contributed by atoms with E-state index >= 15 is 0 Å². The summed E-state index contributed by atoms with van der Waals surface area (Å²) in [5, 5.41) is 0. The van der Waals surface area contributed by atoms with Crippen LogP contribution in [0.25, 0.3) is 0 Å². The lowest BCUT2D eigenvalue weighted by atomic mass is 9.88. The molecule has 1 aliphatic heterocycles. The number of nitrogens with two attached hydrogens (primary N) is 1. The largest absolute Gasteiger partial charge is 0.493 e. The van der Waals surface area contributed by atoms with Gasteiger partial charge in [0.1, 0.15) is 5.75 Å². The van der Waals surface area contributed by atoms with Crippen molar-refractivity contribution in [2.24, 2.45) is 5.73 Å². The van der Waals surface area contributed by atoms with Crippen molar-refractivity contribution in [3.8, 4) is 5.75 Å². The van der Waals surface area contributed by atoms with Gasteiger partial charge in [-0.2, -0.15) is 0 Å². The summed E-state index contributed by atoms with van der Waals surface area (Å²) >= 11 is 0. The number of rotatable bonds is 5. The smallest absolute Gasteiger partial charge is 0.122 e. The molecule has 0 aromatic heterocycles. The lowest BCUT2D eigenvalue weighted by molar-refractivity contribution is 0.114. The quantitative estimate of drug-likeness (QED) is 0.883. The van der Waals surface area contributed by atoms with Crippen LogP contribution in [0, 0.1) is 0 Å². The molecule has 1 unspecified atom stereocenters. The fourth-order valence-electron chi connectivity index (χ4n) is 3.23. The summed E-state index contributed by atoms with van der Waals surface area (Å²) in [6.45, 7) is 3.79. The van der Waals surface area contributed by atoms with Crippen molar-refractivity contribution in [3.63, 3.8) is 0 Å². The molecule has 2 N–H and O–H groups in total. The van der Waals surface area contributed by atoms with Crippen LogP contribution in [0.1, 0.15) is 37.2 Å². The molecule has 1 atom stereocenters. The maximum Gasteiger partial charge on any atom is 0.122 e. The Morgan fingerprint density at radius 2 is 2.05 bits per heavy atom. The topological polar surface area (TPSA) is 38.5 Å². The van der Waals surface area contributed by atoms with Crippen molar-refractivity contribution in [1.29, 1.82) is 0 Å². The van der Waals surface area contributed by atoms with Gasteiger partial charge < -0.3 is 10.5 Å². The van der Waals surface area contributed by atoms with Crippen molar-refractivity contribution in [2.45, 2.75) is 37.6 Å². The number of hydrogen-bond donors (Lipinski definition) is 1. The molecule has 1 aliphatic carbocycles. The lowest BCUT2D eigenvalue weighted by Crippen LogP contribution is -2.45. The summed E-state index contributed by atoms with van der Waals surface area (Å²) in [7, 11) is 0. The minimum absolute atomic E-state index is 0.608. The predicted molar refractivity (Wildman–Crippen MR) is 77.6 cm³/mol. The molecule has 1 aromatic carbocycles. The van der Waals surface area contributed by atoms with E-state index in [0.29, 0.717) is 5.92 Å². The van der Waals surface area contributed by atoms with Crippen LogP contribution < -0.4 is 10.5 Å². The molecule has 0 spiro atoms. The highest BCUT2D eigenvalue weighted by molar-refractivity contribution is 5.38. The first-order chi connectivity index (χ1) is 9.38. The highest BCUT2D eigenvalue weighted by Gasteiger charge is 2.29.